The number of hydrogen-bond donors (Lipinski definition) is 2. The number of thioether (sulfide) groups is 1. The fourth-order valence-corrected chi connectivity index (χ4v) is 2.80. The van der Waals surface area contributed by atoms with Crippen LogP contribution >= 0.6 is 24.2 Å². The fraction of sp³-hybridized carbons (Fsp3) is 0.833. The molecule has 0 saturated carbocycles. The molecule has 0 aromatic heterocycles. The number of halogens is 1. The molecular formula is C12H24ClN3O2S. The highest BCUT2D eigenvalue weighted by molar-refractivity contribution is 7.99. The zero-order valence-corrected chi connectivity index (χ0v) is 13.4. The Bertz CT molecular complexity index is 315. The Balaban J connectivity index is 0.00000324. The Morgan fingerprint density at radius 2 is 2.11 bits per heavy atom. The predicted molar refractivity (Wildman–Crippen MR) is 81.6 cm³/mol. The van der Waals surface area contributed by atoms with Gasteiger partial charge in [0.2, 0.25) is 11.8 Å². The SMILES string of the molecule is CC(C)[C@H](N)C(=O)NCC(=O)N1CCSCC1C.Cl. The molecular weight excluding hydrogens is 286 g/mol. The van der Waals surface area contributed by atoms with Gasteiger partial charge in [-0.05, 0) is 12.8 Å². The van der Waals surface area contributed by atoms with E-state index in [1.54, 1.807) is 0 Å². The molecule has 112 valence electrons. The van der Waals surface area contributed by atoms with Crippen LogP contribution in [0.5, 0.6) is 0 Å². The van der Waals surface area contributed by atoms with Crippen molar-refractivity contribution in [1.82, 2.24) is 10.2 Å². The van der Waals surface area contributed by atoms with Gasteiger partial charge in [0.05, 0.1) is 12.6 Å². The van der Waals surface area contributed by atoms with Gasteiger partial charge in [0.1, 0.15) is 0 Å². The first-order chi connectivity index (χ1) is 8.43. The third-order valence-electron chi connectivity index (χ3n) is 3.12. The quantitative estimate of drug-likeness (QED) is 0.791. The second-order valence-corrected chi connectivity index (χ2v) is 6.15. The first-order valence-electron chi connectivity index (χ1n) is 6.34. The van der Waals surface area contributed by atoms with Gasteiger partial charge in [-0.3, -0.25) is 9.59 Å². The maximum Gasteiger partial charge on any atom is 0.242 e. The molecule has 0 radical (unpaired) electrons. The third kappa shape index (κ3) is 5.58. The lowest BCUT2D eigenvalue weighted by atomic mass is 10.1. The first-order valence-corrected chi connectivity index (χ1v) is 7.49. The van der Waals surface area contributed by atoms with E-state index in [2.05, 4.69) is 5.32 Å². The summed E-state index contributed by atoms with van der Waals surface area (Å²) in [6, 6.07) is -0.306. The lowest BCUT2D eigenvalue weighted by Gasteiger charge is -2.33. The van der Waals surface area contributed by atoms with E-state index in [0.717, 1.165) is 18.1 Å². The lowest BCUT2D eigenvalue weighted by molar-refractivity contribution is -0.134. The van der Waals surface area contributed by atoms with Crippen LogP contribution in [0.15, 0.2) is 0 Å². The Kier molecular flexibility index (Phi) is 8.45. The largest absolute Gasteiger partial charge is 0.346 e. The standard InChI is InChI=1S/C12H23N3O2S.ClH/c1-8(2)11(13)12(17)14-6-10(16)15-4-5-18-7-9(15)3;/h8-9,11H,4-7,13H2,1-3H3,(H,14,17);1H/t9?,11-;/m0./s1. The summed E-state index contributed by atoms with van der Waals surface area (Å²) in [5, 5.41) is 2.62. The Morgan fingerprint density at radius 1 is 1.47 bits per heavy atom. The molecule has 0 aromatic rings. The highest BCUT2D eigenvalue weighted by Crippen LogP contribution is 2.15. The van der Waals surface area contributed by atoms with Crippen LogP contribution < -0.4 is 11.1 Å². The highest BCUT2D eigenvalue weighted by Gasteiger charge is 2.24. The van der Waals surface area contributed by atoms with Gasteiger partial charge in [-0.2, -0.15) is 11.8 Å². The molecule has 3 N–H and O–H groups in total. The fourth-order valence-electron chi connectivity index (χ4n) is 1.78. The summed E-state index contributed by atoms with van der Waals surface area (Å²) in [4.78, 5) is 25.4. The third-order valence-corrected chi connectivity index (χ3v) is 4.31. The molecule has 5 nitrogen and oxygen atoms in total. The summed E-state index contributed by atoms with van der Waals surface area (Å²) in [6.07, 6.45) is 0. The number of nitrogens with one attached hydrogen (secondary N) is 1. The molecule has 1 aliphatic rings. The number of amides is 2. The number of hydrogen-bond acceptors (Lipinski definition) is 4. The molecule has 7 heteroatoms. The Hall–Kier alpha value is -0.460. The topological polar surface area (TPSA) is 75.4 Å². The van der Waals surface area contributed by atoms with Crippen LogP contribution in [-0.4, -0.2) is 53.4 Å². The van der Waals surface area contributed by atoms with Crippen molar-refractivity contribution in [3.63, 3.8) is 0 Å². The van der Waals surface area contributed by atoms with Crippen LogP contribution in [-0.2, 0) is 9.59 Å². The molecule has 0 aromatic carbocycles. The van der Waals surface area contributed by atoms with Gasteiger partial charge in [0.25, 0.3) is 0 Å². The number of carbonyl (C=O) groups is 2. The maximum atomic E-state index is 12.0. The maximum absolute atomic E-state index is 12.0. The van der Waals surface area contributed by atoms with Crippen LogP contribution in [0, 0.1) is 5.92 Å². The van der Waals surface area contributed by atoms with Gasteiger partial charge in [-0.25, -0.2) is 0 Å². The number of nitrogens with two attached hydrogens (primary N) is 1. The molecule has 1 unspecified atom stereocenters. The summed E-state index contributed by atoms with van der Waals surface area (Å²) >= 11 is 1.86. The lowest BCUT2D eigenvalue weighted by Crippen LogP contribution is -2.51. The van der Waals surface area contributed by atoms with Crippen molar-refractivity contribution in [2.45, 2.75) is 32.9 Å². The molecule has 2 amide bonds. The average molecular weight is 310 g/mol. The predicted octanol–water partition coefficient (Wildman–Crippen LogP) is 0.472. The molecule has 1 fully saturated rings. The van der Waals surface area contributed by atoms with E-state index < -0.39 is 6.04 Å². The summed E-state index contributed by atoms with van der Waals surface area (Å²) in [6.45, 7) is 6.61. The molecule has 0 bridgehead atoms. The van der Waals surface area contributed by atoms with Crippen molar-refractivity contribution in [2.75, 3.05) is 24.6 Å². The van der Waals surface area contributed by atoms with Crippen molar-refractivity contribution in [2.24, 2.45) is 11.7 Å². The summed E-state index contributed by atoms with van der Waals surface area (Å²) in [5.41, 5.74) is 5.71. The molecule has 1 aliphatic heterocycles. The van der Waals surface area contributed by atoms with Crippen molar-refractivity contribution >= 4 is 36.0 Å². The van der Waals surface area contributed by atoms with E-state index in [0.29, 0.717) is 0 Å². The zero-order valence-electron chi connectivity index (χ0n) is 11.7. The molecule has 2 atom stereocenters. The molecule has 0 aliphatic carbocycles. The second-order valence-electron chi connectivity index (χ2n) is 5.00. The molecule has 19 heavy (non-hydrogen) atoms. The normalized spacial score (nSPS) is 20.7. The van der Waals surface area contributed by atoms with E-state index in [1.165, 1.54) is 0 Å². The van der Waals surface area contributed by atoms with Gasteiger partial charge in [0, 0.05) is 24.1 Å². The number of nitrogens with zero attached hydrogens (tertiary/aromatic N) is 1. The summed E-state index contributed by atoms with van der Waals surface area (Å²) in [5.74, 6) is 1.73. The van der Waals surface area contributed by atoms with Crippen molar-refractivity contribution in [3.8, 4) is 0 Å². The Labute approximate surface area is 125 Å². The average Bonchev–Trinajstić information content (AvgIpc) is 2.35. The molecule has 0 spiro atoms. The van der Waals surface area contributed by atoms with Crippen molar-refractivity contribution < 1.29 is 9.59 Å². The van der Waals surface area contributed by atoms with Crippen molar-refractivity contribution in [3.05, 3.63) is 0 Å². The van der Waals surface area contributed by atoms with Gasteiger partial charge in [-0.15, -0.1) is 12.4 Å². The second kappa shape index (κ2) is 8.66. The van der Waals surface area contributed by atoms with Crippen LogP contribution in [0.25, 0.3) is 0 Å². The van der Waals surface area contributed by atoms with Crippen LogP contribution in [0.4, 0.5) is 0 Å². The van der Waals surface area contributed by atoms with Gasteiger partial charge in [0.15, 0.2) is 0 Å². The first kappa shape index (κ1) is 18.5. The molecule has 1 rings (SSSR count). The Morgan fingerprint density at radius 3 is 2.63 bits per heavy atom. The minimum absolute atomic E-state index is 0. The summed E-state index contributed by atoms with van der Waals surface area (Å²) in [7, 11) is 0. The smallest absolute Gasteiger partial charge is 0.242 e. The van der Waals surface area contributed by atoms with Crippen LogP contribution in [0.1, 0.15) is 20.8 Å². The minimum atomic E-state index is -0.549. The monoisotopic (exact) mass is 309 g/mol. The van der Waals surface area contributed by atoms with E-state index in [9.17, 15) is 9.59 Å². The number of carbonyl (C=O) groups excluding carboxylic acids is 2. The van der Waals surface area contributed by atoms with E-state index in [1.807, 2.05) is 37.4 Å². The van der Waals surface area contributed by atoms with Gasteiger partial charge < -0.3 is 16.0 Å². The van der Waals surface area contributed by atoms with E-state index in [4.69, 9.17) is 5.73 Å². The van der Waals surface area contributed by atoms with E-state index in [-0.39, 0.29) is 42.7 Å². The van der Waals surface area contributed by atoms with Crippen LogP contribution in [0.3, 0.4) is 0 Å². The minimum Gasteiger partial charge on any atom is -0.346 e. The molecule has 1 heterocycles. The molecule has 1 saturated heterocycles. The highest BCUT2D eigenvalue weighted by atomic mass is 35.5. The van der Waals surface area contributed by atoms with Gasteiger partial charge in [-0.1, -0.05) is 13.8 Å². The number of rotatable bonds is 4. The summed E-state index contributed by atoms with van der Waals surface area (Å²) < 4.78 is 0. The van der Waals surface area contributed by atoms with Gasteiger partial charge >= 0.3 is 0 Å². The van der Waals surface area contributed by atoms with E-state index >= 15 is 0 Å². The zero-order chi connectivity index (χ0) is 13.7. The van der Waals surface area contributed by atoms with Crippen LogP contribution in [0.2, 0.25) is 0 Å². The van der Waals surface area contributed by atoms with Crippen molar-refractivity contribution in [1.29, 1.82) is 0 Å².